The first-order valence-corrected chi connectivity index (χ1v) is 8.74. The van der Waals surface area contributed by atoms with Crippen molar-refractivity contribution in [2.75, 3.05) is 31.1 Å². The minimum Gasteiger partial charge on any atom is -0.369 e. The van der Waals surface area contributed by atoms with Gasteiger partial charge in [0.15, 0.2) is 5.78 Å². The minimum absolute atomic E-state index is 0.152. The van der Waals surface area contributed by atoms with Crippen molar-refractivity contribution in [2.45, 2.75) is 38.6 Å². The molecule has 3 nitrogen and oxygen atoms in total. The fourth-order valence-electron chi connectivity index (χ4n) is 3.61. The number of Topliss-reactive ketones (excluding diaryl/α,β-unsaturated/α-hetero) is 1. The van der Waals surface area contributed by atoms with Crippen LogP contribution in [0.3, 0.4) is 0 Å². The molecule has 0 aromatic heterocycles. The zero-order valence-corrected chi connectivity index (χ0v) is 14.2. The molecule has 1 aromatic carbocycles. The van der Waals surface area contributed by atoms with Gasteiger partial charge >= 0.3 is 0 Å². The Morgan fingerprint density at radius 3 is 2.67 bits per heavy atom. The summed E-state index contributed by atoms with van der Waals surface area (Å²) in [6.07, 6.45) is 5.27. The van der Waals surface area contributed by atoms with E-state index in [1.807, 2.05) is 12.1 Å². The van der Waals surface area contributed by atoms with E-state index in [-0.39, 0.29) is 5.78 Å². The van der Waals surface area contributed by atoms with Gasteiger partial charge in [-0.1, -0.05) is 22.4 Å². The molecule has 2 heterocycles. The van der Waals surface area contributed by atoms with E-state index in [9.17, 15) is 4.79 Å². The summed E-state index contributed by atoms with van der Waals surface area (Å²) >= 11 is 3.54. The molecular formula is C17H23BrN2O. The van der Waals surface area contributed by atoms with E-state index >= 15 is 0 Å². The van der Waals surface area contributed by atoms with Crippen molar-refractivity contribution in [3.05, 3.63) is 28.2 Å². The van der Waals surface area contributed by atoms with Crippen molar-refractivity contribution >= 4 is 27.4 Å². The molecule has 3 rings (SSSR count). The van der Waals surface area contributed by atoms with Gasteiger partial charge in [0.2, 0.25) is 0 Å². The summed E-state index contributed by atoms with van der Waals surface area (Å²) in [5.41, 5.74) is 1.94. The van der Waals surface area contributed by atoms with Crippen molar-refractivity contribution < 1.29 is 4.79 Å². The number of carbonyl (C=O) groups excluding carboxylic acids is 1. The average molecular weight is 351 g/mol. The van der Waals surface area contributed by atoms with Gasteiger partial charge in [0.05, 0.1) is 0 Å². The molecule has 0 amide bonds. The van der Waals surface area contributed by atoms with Crippen molar-refractivity contribution in [1.82, 2.24) is 4.90 Å². The van der Waals surface area contributed by atoms with E-state index in [1.54, 1.807) is 6.92 Å². The summed E-state index contributed by atoms with van der Waals surface area (Å²) in [6.45, 7) is 6.26. The lowest BCUT2D eigenvalue weighted by Crippen LogP contribution is -2.41. The number of hydrogen-bond donors (Lipinski definition) is 0. The first-order valence-electron chi connectivity index (χ1n) is 7.94. The third-order valence-electron chi connectivity index (χ3n) is 4.75. The Hall–Kier alpha value is -0.870. The third kappa shape index (κ3) is 3.32. The van der Waals surface area contributed by atoms with Crippen LogP contribution in [0, 0.1) is 0 Å². The maximum Gasteiger partial charge on any atom is 0.161 e. The smallest absolute Gasteiger partial charge is 0.161 e. The molecule has 2 aliphatic heterocycles. The van der Waals surface area contributed by atoms with E-state index in [0.717, 1.165) is 28.8 Å². The summed E-state index contributed by atoms with van der Waals surface area (Å²) < 4.78 is 1.05. The molecule has 2 aliphatic rings. The lowest BCUT2D eigenvalue weighted by Gasteiger charge is -2.32. The van der Waals surface area contributed by atoms with Crippen LogP contribution in [-0.4, -0.2) is 42.9 Å². The fourth-order valence-corrected chi connectivity index (χ4v) is 3.96. The van der Waals surface area contributed by atoms with E-state index in [2.05, 4.69) is 31.8 Å². The predicted molar refractivity (Wildman–Crippen MR) is 90.2 cm³/mol. The largest absolute Gasteiger partial charge is 0.369 e. The molecule has 0 saturated carbocycles. The first kappa shape index (κ1) is 15.0. The molecule has 0 aliphatic carbocycles. The second-order valence-electron chi connectivity index (χ2n) is 6.20. The maximum absolute atomic E-state index is 11.9. The van der Waals surface area contributed by atoms with Crippen LogP contribution in [0.25, 0.3) is 0 Å². The highest BCUT2D eigenvalue weighted by Crippen LogP contribution is 2.30. The average Bonchev–Trinajstić information content (AvgIpc) is 2.97. The molecule has 2 fully saturated rings. The number of nitrogens with zero attached hydrogens (tertiary/aromatic N) is 2. The second-order valence-corrected chi connectivity index (χ2v) is 7.12. The molecule has 4 heteroatoms. The van der Waals surface area contributed by atoms with Gasteiger partial charge in [-0.15, -0.1) is 0 Å². The predicted octanol–water partition coefficient (Wildman–Crippen LogP) is 3.72. The molecule has 0 radical (unpaired) electrons. The summed E-state index contributed by atoms with van der Waals surface area (Å²) in [6, 6.07) is 6.65. The number of rotatable bonds is 3. The van der Waals surface area contributed by atoms with Gasteiger partial charge in [-0.05, 0) is 57.5 Å². The highest BCUT2D eigenvalue weighted by Gasteiger charge is 2.29. The van der Waals surface area contributed by atoms with Gasteiger partial charge in [-0.3, -0.25) is 9.69 Å². The van der Waals surface area contributed by atoms with Crippen LogP contribution in [0.15, 0.2) is 22.7 Å². The summed E-state index contributed by atoms with van der Waals surface area (Å²) in [5, 5.41) is 0. The molecule has 2 saturated heterocycles. The number of anilines is 1. The van der Waals surface area contributed by atoms with Gasteiger partial charge in [0.1, 0.15) is 0 Å². The number of ketones is 1. The van der Waals surface area contributed by atoms with Gasteiger partial charge < -0.3 is 4.90 Å². The Labute approximate surface area is 135 Å². The van der Waals surface area contributed by atoms with E-state index in [0.29, 0.717) is 6.04 Å². The Bertz CT molecular complexity index is 526. The minimum atomic E-state index is 0.152. The maximum atomic E-state index is 11.9. The van der Waals surface area contributed by atoms with Gasteiger partial charge in [-0.2, -0.15) is 0 Å². The Morgan fingerprint density at radius 2 is 1.95 bits per heavy atom. The monoisotopic (exact) mass is 350 g/mol. The van der Waals surface area contributed by atoms with Gasteiger partial charge in [-0.25, -0.2) is 0 Å². The van der Waals surface area contributed by atoms with Crippen LogP contribution in [0.4, 0.5) is 5.69 Å². The van der Waals surface area contributed by atoms with Crippen LogP contribution in [0.5, 0.6) is 0 Å². The van der Waals surface area contributed by atoms with E-state index < -0.39 is 0 Å². The molecule has 1 aromatic rings. The zero-order valence-electron chi connectivity index (χ0n) is 12.6. The molecule has 114 valence electrons. The quantitative estimate of drug-likeness (QED) is 0.776. The second kappa shape index (κ2) is 6.49. The molecule has 0 spiro atoms. The lowest BCUT2D eigenvalue weighted by atomic mass is 10.1. The van der Waals surface area contributed by atoms with Crippen LogP contribution >= 0.6 is 15.9 Å². The molecule has 0 bridgehead atoms. The Balaban J connectivity index is 1.76. The number of piperidine rings is 1. The van der Waals surface area contributed by atoms with Crippen LogP contribution in [0.2, 0.25) is 0 Å². The summed E-state index contributed by atoms with van der Waals surface area (Å²) in [5.74, 6) is 0.152. The number of hydrogen-bond acceptors (Lipinski definition) is 3. The molecule has 1 unspecified atom stereocenters. The van der Waals surface area contributed by atoms with Crippen LogP contribution < -0.4 is 4.90 Å². The van der Waals surface area contributed by atoms with E-state index in [1.165, 1.54) is 38.8 Å². The SMILES string of the molecule is CC(=O)c1ccc(Br)cc1N1CCC(N2CCCCC2)C1. The molecular weight excluding hydrogens is 328 g/mol. The molecule has 21 heavy (non-hydrogen) atoms. The van der Waals surface area contributed by atoms with Crippen molar-refractivity contribution in [3.63, 3.8) is 0 Å². The van der Waals surface area contributed by atoms with Crippen molar-refractivity contribution in [2.24, 2.45) is 0 Å². The zero-order chi connectivity index (χ0) is 14.8. The third-order valence-corrected chi connectivity index (χ3v) is 5.24. The van der Waals surface area contributed by atoms with E-state index in [4.69, 9.17) is 0 Å². The standard InChI is InChI=1S/C17H23BrN2O/c1-13(21)16-6-5-14(18)11-17(16)20-10-7-15(12-20)19-8-3-2-4-9-19/h5-6,11,15H,2-4,7-10,12H2,1H3. The molecule has 0 N–H and O–H groups in total. The van der Waals surface area contributed by atoms with Gasteiger partial charge in [0, 0.05) is 34.9 Å². The first-order chi connectivity index (χ1) is 10.1. The number of halogens is 1. The summed E-state index contributed by atoms with van der Waals surface area (Å²) in [7, 11) is 0. The number of likely N-dealkylation sites (tertiary alicyclic amines) is 1. The van der Waals surface area contributed by atoms with Crippen molar-refractivity contribution in [3.8, 4) is 0 Å². The highest BCUT2D eigenvalue weighted by molar-refractivity contribution is 9.10. The van der Waals surface area contributed by atoms with Crippen molar-refractivity contribution in [1.29, 1.82) is 0 Å². The lowest BCUT2D eigenvalue weighted by molar-refractivity contribution is 0.101. The number of benzene rings is 1. The fraction of sp³-hybridized carbons (Fsp3) is 0.588. The van der Waals surface area contributed by atoms with Crippen LogP contribution in [0.1, 0.15) is 43.0 Å². The van der Waals surface area contributed by atoms with Crippen LogP contribution in [-0.2, 0) is 0 Å². The Morgan fingerprint density at radius 1 is 1.19 bits per heavy atom. The number of carbonyl (C=O) groups is 1. The topological polar surface area (TPSA) is 23.6 Å². The normalized spacial score (nSPS) is 23.5. The molecule has 1 atom stereocenters. The Kier molecular flexibility index (Phi) is 4.65. The summed E-state index contributed by atoms with van der Waals surface area (Å²) in [4.78, 5) is 16.9. The van der Waals surface area contributed by atoms with Gasteiger partial charge in [0.25, 0.3) is 0 Å². The highest BCUT2D eigenvalue weighted by atomic mass is 79.9.